The number of rotatable bonds is 2. The highest BCUT2D eigenvalue weighted by Crippen LogP contribution is 2.53. The summed E-state index contributed by atoms with van der Waals surface area (Å²) in [6, 6.07) is 14.5. The number of hydrogen-bond acceptors (Lipinski definition) is 5. The Bertz CT molecular complexity index is 890. The maximum Gasteiger partial charge on any atom is 0.189 e. The molecule has 0 radical (unpaired) electrons. The largest absolute Gasteiger partial charge is 0.305 e. The van der Waals surface area contributed by atoms with Crippen LogP contribution in [0.15, 0.2) is 35.9 Å². The van der Waals surface area contributed by atoms with Crippen molar-refractivity contribution >= 4 is 5.71 Å². The topological polar surface area (TPSA) is 98.5 Å². The van der Waals surface area contributed by atoms with Crippen LogP contribution in [-0.4, -0.2) is 30.7 Å². The molecule has 1 aromatic carbocycles. The van der Waals surface area contributed by atoms with Gasteiger partial charge in [-0.05, 0) is 29.7 Å². The molecule has 0 saturated heterocycles. The summed E-state index contributed by atoms with van der Waals surface area (Å²) in [6.07, 6.45) is 2.00. The highest BCUT2D eigenvalue weighted by molar-refractivity contribution is 6.00. The third-order valence-corrected chi connectivity index (χ3v) is 5.93. The molecule has 2 aliphatic rings. The zero-order valence-corrected chi connectivity index (χ0v) is 15.9. The Kier molecular flexibility index (Phi) is 4.88. The van der Waals surface area contributed by atoms with Crippen molar-refractivity contribution in [1.29, 1.82) is 21.2 Å². The fourth-order valence-electron chi connectivity index (χ4n) is 4.42. The van der Waals surface area contributed by atoms with Crippen LogP contribution in [0.2, 0.25) is 0 Å². The Morgan fingerprint density at radius 3 is 2.30 bits per heavy atom. The van der Waals surface area contributed by atoms with Gasteiger partial charge in [0.2, 0.25) is 0 Å². The van der Waals surface area contributed by atoms with E-state index in [9.17, 15) is 15.8 Å². The number of nitriles is 3. The predicted octanol–water partition coefficient (Wildman–Crippen LogP) is 3.59. The lowest BCUT2D eigenvalue weighted by molar-refractivity contribution is 0.235. The number of nitrogens with one attached hydrogen (secondary N) is 1. The summed E-state index contributed by atoms with van der Waals surface area (Å²) in [7, 11) is 1.99. The second kappa shape index (κ2) is 6.99. The Balaban J connectivity index is 2.21. The van der Waals surface area contributed by atoms with E-state index in [0.29, 0.717) is 19.0 Å². The molecule has 1 N–H and O–H groups in total. The zero-order chi connectivity index (χ0) is 19.8. The summed E-state index contributed by atoms with van der Waals surface area (Å²) in [5, 5.41) is 38.3. The van der Waals surface area contributed by atoms with Crippen molar-refractivity contribution in [1.82, 2.24) is 4.90 Å². The molecule has 0 spiro atoms. The number of nitrogens with zero attached hydrogens (tertiary/aromatic N) is 4. The van der Waals surface area contributed by atoms with Crippen LogP contribution in [0, 0.1) is 56.7 Å². The van der Waals surface area contributed by atoms with Gasteiger partial charge in [-0.2, -0.15) is 15.8 Å². The second-order valence-corrected chi connectivity index (χ2v) is 7.84. The first-order chi connectivity index (χ1) is 12.9. The van der Waals surface area contributed by atoms with E-state index in [-0.39, 0.29) is 11.6 Å². The summed E-state index contributed by atoms with van der Waals surface area (Å²) in [4.78, 5) is 2.13. The molecule has 1 aliphatic carbocycles. The quantitative estimate of drug-likeness (QED) is 0.818. The van der Waals surface area contributed by atoms with Gasteiger partial charge in [0.25, 0.3) is 0 Å². The molecule has 0 unspecified atom stereocenters. The van der Waals surface area contributed by atoms with E-state index in [1.807, 2.05) is 37.4 Å². The van der Waals surface area contributed by atoms with Crippen molar-refractivity contribution in [2.45, 2.75) is 25.7 Å². The number of fused-ring (bicyclic) bond motifs is 1. The normalized spacial score (nSPS) is 27.1. The molecular formula is C22H23N5. The molecule has 27 heavy (non-hydrogen) atoms. The highest BCUT2D eigenvalue weighted by Gasteiger charge is 2.57. The van der Waals surface area contributed by atoms with Crippen molar-refractivity contribution in [3.8, 4) is 18.2 Å². The maximum absolute atomic E-state index is 10.0. The fraction of sp³-hybridized carbons (Fsp3) is 0.455. The molecule has 1 fully saturated rings. The van der Waals surface area contributed by atoms with Gasteiger partial charge in [-0.3, -0.25) is 0 Å². The lowest BCUT2D eigenvalue weighted by atomic mass is 9.54. The van der Waals surface area contributed by atoms with E-state index in [0.717, 1.165) is 11.1 Å². The molecule has 0 aromatic heterocycles. The molecule has 3 rings (SSSR count). The average molecular weight is 357 g/mol. The Morgan fingerprint density at radius 1 is 1.15 bits per heavy atom. The van der Waals surface area contributed by atoms with E-state index < -0.39 is 17.3 Å². The molecule has 136 valence electrons. The van der Waals surface area contributed by atoms with Crippen molar-refractivity contribution in [2.24, 2.45) is 17.3 Å². The molecule has 1 aliphatic heterocycles. The average Bonchev–Trinajstić information content (AvgIpc) is 2.67. The van der Waals surface area contributed by atoms with Gasteiger partial charge in [-0.1, -0.05) is 44.2 Å². The van der Waals surface area contributed by atoms with Crippen molar-refractivity contribution < 1.29 is 0 Å². The van der Waals surface area contributed by atoms with Crippen LogP contribution in [-0.2, 0) is 0 Å². The van der Waals surface area contributed by atoms with Crippen LogP contribution >= 0.6 is 0 Å². The van der Waals surface area contributed by atoms with Gasteiger partial charge >= 0.3 is 0 Å². The third kappa shape index (κ3) is 2.84. The lowest BCUT2D eigenvalue weighted by Crippen LogP contribution is -2.52. The van der Waals surface area contributed by atoms with Gasteiger partial charge in [-0.15, -0.1) is 0 Å². The van der Waals surface area contributed by atoms with Crippen molar-refractivity contribution in [2.75, 3.05) is 20.1 Å². The standard InChI is InChI=1S/C22H23N5/c1-14(2)15-4-6-16(7-5-15)20-19-11-27(3)9-8-17(19)18(10-23)21(26)22(20,12-24)13-25/h4-8,14,18-20,26H,9,11H2,1-3H3/t18-,19-,20+/m0/s1. The molecule has 5 heteroatoms. The summed E-state index contributed by atoms with van der Waals surface area (Å²) >= 11 is 0. The number of likely N-dealkylation sites (N-methyl/N-ethyl adjacent to an activating group) is 1. The van der Waals surface area contributed by atoms with Crippen molar-refractivity contribution in [3.05, 3.63) is 47.0 Å². The van der Waals surface area contributed by atoms with Crippen LogP contribution in [0.3, 0.4) is 0 Å². The van der Waals surface area contributed by atoms with Gasteiger partial charge < -0.3 is 10.3 Å². The van der Waals surface area contributed by atoms with Crippen LogP contribution in [0.25, 0.3) is 0 Å². The summed E-state index contributed by atoms with van der Waals surface area (Å²) in [6.45, 7) is 5.62. The monoisotopic (exact) mass is 357 g/mol. The van der Waals surface area contributed by atoms with E-state index in [1.54, 1.807) is 0 Å². The lowest BCUT2D eigenvalue weighted by Gasteiger charge is -2.47. The molecule has 0 bridgehead atoms. The minimum Gasteiger partial charge on any atom is -0.305 e. The van der Waals surface area contributed by atoms with Crippen LogP contribution in [0.4, 0.5) is 0 Å². The van der Waals surface area contributed by atoms with E-state index in [1.165, 1.54) is 5.56 Å². The van der Waals surface area contributed by atoms with Gasteiger partial charge in [0.05, 0.1) is 23.9 Å². The second-order valence-electron chi connectivity index (χ2n) is 7.84. The fourth-order valence-corrected chi connectivity index (χ4v) is 4.42. The number of benzene rings is 1. The minimum absolute atomic E-state index is 0.0833. The van der Waals surface area contributed by atoms with Gasteiger partial charge in [-0.25, -0.2) is 0 Å². The summed E-state index contributed by atoms with van der Waals surface area (Å²) in [5.41, 5.74) is 1.25. The Morgan fingerprint density at radius 2 is 1.78 bits per heavy atom. The minimum atomic E-state index is -1.63. The molecule has 1 saturated carbocycles. The van der Waals surface area contributed by atoms with Crippen LogP contribution < -0.4 is 0 Å². The first-order valence-corrected chi connectivity index (χ1v) is 9.19. The van der Waals surface area contributed by atoms with Crippen LogP contribution in [0.5, 0.6) is 0 Å². The highest BCUT2D eigenvalue weighted by atomic mass is 15.1. The van der Waals surface area contributed by atoms with Gasteiger partial charge in [0.15, 0.2) is 5.41 Å². The van der Waals surface area contributed by atoms with E-state index >= 15 is 0 Å². The van der Waals surface area contributed by atoms with Crippen LogP contribution in [0.1, 0.15) is 36.8 Å². The molecule has 5 nitrogen and oxygen atoms in total. The predicted molar refractivity (Wildman–Crippen MR) is 103 cm³/mol. The number of hydrogen-bond donors (Lipinski definition) is 1. The van der Waals surface area contributed by atoms with Gasteiger partial charge in [0.1, 0.15) is 5.92 Å². The molecular weight excluding hydrogens is 334 g/mol. The Hall–Kier alpha value is -2.94. The SMILES string of the molecule is CC(C)c1ccc([C@@H]2[C@H]3CN(C)CC=C3[C@H](C#N)C(=N)C2(C#N)C#N)cc1. The van der Waals surface area contributed by atoms with E-state index in [2.05, 4.69) is 37.0 Å². The first kappa shape index (κ1) is 18.8. The smallest absolute Gasteiger partial charge is 0.189 e. The maximum atomic E-state index is 10.0. The molecule has 1 heterocycles. The Labute approximate surface area is 160 Å². The molecule has 3 atom stereocenters. The van der Waals surface area contributed by atoms with Crippen molar-refractivity contribution in [3.63, 3.8) is 0 Å². The summed E-state index contributed by atoms with van der Waals surface area (Å²) < 4.78 is 0. The van der Waals surface area contributed by atoms with E-state index in [4.69, 9.17) is 5.41 Å². The third-order valence-electron chi connectivity index (χ3n) is 5.93. The first-order valence-electron chi connectivity index (χ1n) is 9.19. The zero-order valence-electron chi connectivity index (χ0n) is 15.9. The molecule has 1 aromatic rings. The summed E-state index contributed by atoms with van der Waals surface area (Å²) in [5.74, 6) is -1.000. The van der Waals surface area contributed by atoms with Gasteiger partial charge in [0, 0.05) is 24.9 Å². The molecule has 0 amide bonds.